The lowest BCUT2D eigenvalue weighted by Gasteiger charge is -2.12. The second-order valence-corrected chi connectivity index (χ2v) is 9.34. The topological polar surface area (TPSA) is 64.2 Å². The summed E-state index contributed by atoms with van der Waals surface area (Å²) in [5, 5.41) is 9.48. The van der Waals surface area contributed by atoms with Gasteiger partial charge in [0, 0.05) is 12.2 Å². The normalized spacial score (nSPS) is 11.5. The second-order valence-electron chi connectivity index (χ2n) is 9.34. The van der Waals surface area contributed by atoms with Crippen LogP contribution in [0.2, 0.25) is 0 Å². The molecule has 0 atom stereocenters. The molecule has 0 radical (unpaired) electrons. The minimum atomic E-state index is -2.72. The van der Waals surface area contributed by atoms with Crippen molar-refractivity contribution in [3.05, 3.63) is 81.5 Å². The number of hydrogen-bond donors (Lipinski definition) is 1. The monoisotopic (exact) mass is 484 g/mol. The fourth-order valence-electron chi connectivity index (χ4n) is 4.38. The van der Waals surface area contributed by atoms with Gasteiger partial charge in [0.2, 0.25) is 0 Å². The van der Waals surface area contributed by atoms with Gasteiger partial charge in [-0.25, -0.2) is 18.4 Å². The van der Waals surface area contributed by atoms with E-state index in [1.54, 1.807) is 24.3 Å². The first-order valence-corrected chi connectivity index (χ1v) is 12.3. The van der Waals surface area contributed by atoms with Gasteiger partial charge in [0.15, 0.2) is 0 Å². The van der Waals surface area contributed by atoms with Gasteiger partial charge in [-0.2, -0.15) is 0 Å². The number of carboxylic acid groups (broad SMARTS) is 1. The van der Waals surface area contributed by atoms with Crippen LogP contribution in [0.25, 0.3) is 11.1 Å². The predicted molar refractivity (Wildman–Crippen MR) is 134 cm³/mol. The number of aromatic carboxylic acids is 1. The minimum Gasteiger partial charge on any atom is -0.478 e. The number of imidazole rings is 1. The van der Waals surface area contributed by atoms with Crippen molar-refractivity contribution < 1.29 is 18.7 Å². The molecular weight excluding hydrogens is 450 g/mol. The summed E-state index contributed by atoms with van der Waals surface area (Å²) < 4.78 is 31.1. The number of alkyl halides is 2. The first kappa shape index (κ1) is 26.4. The second kappa shape index (κ2) is 12.0. The van der Waals surface area contributed by atoms with E-state index in [0.29, 0.717) is 43.0 Å². The molecule has 188 valence electrons. The van der Waals surface area contributed by atoms with E-state index in [0.717, 1.165) is 24.0 Å². The Morgan fingerprint density at radius 3 is 2.29 bits per heavy atom. The Kier molecular flexibility index (Phi) is 9.01. The summed E-state index contributed by atoms with van der Waals surface area (Å²) in [4.78, 5) is 24.9. The highest BCUT2D eigenvalue weighted by molar-refractivity contribution is 5.95. The van der Waals surface area contributed by atoms with Crippen molar-refractivity contribution in [3.8, 4) is 11.1 Å². The van der Waals surface area contributed by atoms with Gasteiger partial charge in [0.05, 0.1) is 12.1 Å². The van der Waals surface area contributed by atoms with Crippen LogP contribution in [0.3, 0.4) is 0 Å². The Balaban J connectivity index is 1.98. The zero-order valence-electron chi connectivity index (χ0n) is 20.6. The molecule has 0 fully saturated rings. The van der Waals surface area contributed by atoms with Crippen LogP contribution in [-0.2, 0) is 19.5 Å². The van der Waals surface area contributed by atoms with E-state index in [9.17, 15) is 23.5 Å². The van der Waals surface area contributed by atoms with Crippen LogP contribution in [0.4, 0.5) is 8.78 Å². The van der Waals surface area contributed by atoms with Crippen molar-refractivity contribution in [2.24, 2.45) is 5.92 Å². The molecule has 0 aliphatic heterocycles. The van der Waals surface area contributed by atoms with Crippen LogP contribution in [0.15, 0.2) is 53.3 Å². The van der Waals surface area contributed by atoms with Crippen molar-refractivity contribution in [1.82, 2.24) is 9.13 Å². The molecule has 0 saturated heterocycles. The summed E-state index contributed by atoms with van der Waals surface area (Å²) in [6.45, 7) is 6.59. The number of carbonyl (C=O) groups is 1. The van der Waals surface area contributed by atoms with Crippen LogP contribution < -0.4 is 5.69 Å². The van der Waals surface area contributed by atoms with E-state index in [2.05, 4.69) is 0 Å². The smallest absolute Gasteiger partial charge is 0.336 e. The molecule has 3 rings (SSSR count). The Labute approximate surface area is 205 Å². The minimum absolute atomic E-state index is 0.154. The molecule has 1 heterocycles. The molecule has 0 spiro atoms. The van der Waals surface area contributed by atoms with Gasteiger partial charge >= 0.3 is 11.7 Å². The van der Waals surface area contributed by atoms with Crippen LogP contribution in [0, 0.1) is 5.92 Å². The summed E-state index contributed by atoms with van der Waals surface area (Å²) in [5.74, 6) is -0.684. The van der Waals surface area contributed by atoms with Crippen LogP contribution in [0.1, 0.15) is 80.2 Å². The quantitative estimate of drug-likeness (QED) is 0.288. The number of rotatable bonds is 12. The molecule has 5 nitrogen and oxygen atoms in total. The maximum absolute atomic E-state index is 14.2. The van der Waals surface area contributed by atoms with Gasteiger partial charge in [0.1, 0.15) is 5.69 Å². The fraction of sp³-hybridized carbons (Fsp3) is 0.429. The molecule has 0 bridgehead atoms. The maximum Gasteiger partial charge on any atom is 0.336 e. The molecule has 0 aliphatic carbocycles. The predicted octanol–water partition coefficient (Wildman–Crippen LogP) is 6.78. The van der Waals surface area contributed by atoms with Gasteiger partial charge in [-0.3, -0.25) is 9.13 Å². The largest absolute Gasteiger partial charge is 0.478 e. The lowest BCUT2D eigenvalue weighted by atomic mass is 9.98. The zero-order valence-corrected chi connectivity index (χ0v) is 20.6. The Hall–Kier alpha value is -3.22. The van der Waals surface area contributed by atoms with E-state index < -0.39 is 18.1 Å². The number of hydrogen-bond acceptors (Lipinski definition) is 2. The Morgan fingerprint density at radius 2 is 1.69 bits per heavy atom. The number of halogens is 2. The average molecular weight is 485 g/mol. The lowest BCUT2D eigenvalue weighted by molar-refractivity contribution is 0.0697. The molecule has 1 aromatic heterocycles. The van der Waals surface area contributed by atoms with E-state index in [1.807, 2.05) is 45.0 Å². The number of benzene rings is 2. The summed E-state index contributed by atoms with van der Waals surface area (Å²) in [5.41, 5.74) is 2.21. The molecule has 3 aromatic rings. The molecule has 0 saturated carbocycles. The number of unbranched alkanes of at least 4 members (excludes halogenated alkanes) is 2. The third-order valence-corrected chi connectivity index (χ3v) is 6.29. The number of nitrogens with zero attached hydrogens (tertiary/aromatic N) is 2. The summed E-state index contributed by atoms with van der Waals surface area (Å²) in [6, 6.07) is 14.0. The van der Waals surface area contributed by atoms with Crippen LogP contribution >= 0.6 is 0 Å². The molecule has 35 heavy (non-hydrogen) atoms. The lowest BCUT2D eigenvalue weighted by Crippen LogP contribution is -2.26. The van der Waals surface area contributed by atoms with Crippen LogP contribution in [0.5, 0.6) is 0 Å². The van der Waals surface area contributed by atoms with Gasteiger partial charge in [-0.15, -0.1) is 0 Å². The van der Waals surface area contributed by atoms with Crippen LogP contribution in [-0.4, -0.2) is 20.2 Å². The van der Waals surface area contributed by atoms with Gasteiger partial charge in [-0.05, 0) is 47.9 Å². The summed E-state index contributed by atoms with van der Waals surface area (Å²) in [6.07, 6.45) is 0.905. The third-order valence-electron chi connectivity index (χ3n) is 6.29. The molecule has 2 aromatic carbocycles. The zero-order chi connectivity index (χ0) is 25.5. The van der Waals surface area contributed by atoms with Crippen molar-refractivity contribution in [2.45, 2.75) is 72.4 Å². The van der Waals surface area contributed by atoms with Crippen molar-refractivity contribution in [2.75, 3.05) is 0 Å². The van der Waals surface area contributed by atoms with E-state index in [1.165, 1.54) is 9.13 Å². The SMILES string of the molecule is CCCCCn1c(C(F)F)c(CCC(C)C)n(Cc2ccc(-c3ccccc3C(=O)O)cc2)c1=O. The van der Waals surface area contributed by atoms with Gasteiger partial charge < -0.3 is 5.11 Å². The highest BCUT2D eigenvalue weighted by Crippen LogP contribution is 2.27. The Bertz CT molecular complexity index is 1190. The molecule has 0 amide bonds. The van der Waals surface area contributed by atoms with E-state index in [4.69, 9.17) is 0 Å². The summed E-state index contributed by atoms with van der Waals surface area (Å²) >= 11 is 0. The van der Waals surface area contributed by atoms with Gasteiger partial charge in [0.25, 0.3) is 6.43 Å². The Morgan fingerprint density at radius 1 is 1.00 bits per heavy atom. The molecule has 7 heteroatoms. The van der Waals surface area contributed by atoms with Crippen molar-refractivity contribution in [3.63, 3.8) is 0 Å². The molecule has 0 aliphatic rings. The van der Waals surface area contributed by atoms with Crippen molar-refractivity contribution >= 4 is 5.97 Å². The molecular formula is C28H34F2N2O3. The fourth-order valence-corrected chi connectivity index (χ4v) is 4.38. The molecule has 0 unspecified atom stereocenters. The first-order valence-electron chi connectivity index (χ1n) is 12.3. The first-order chi connectivity index (χ1) is 16.7. The van der Waals surface area contributed by atoms with E-state index >= 15 is 0 Å². The maximum atomic E-state index is 14.2. The highest BCUT2D eigenvalue weighted by atomic mass is 19.3. The third kappa shape index (κ3) is 6.27. The van der Waals surface area contributed by atoms with E-state index in [-0.39, 0.29) is 17.8 Å². The van der Waals surface area contributed by atoms with Crippen molar-refractivity contribution in [1.29, 1.82) is 0 Å². The number of aromatic nitrogens is 2. The average Bonchev–Trinajstić information content (AvgIpc) is 3.09. The number of carboxylic acids is 1. The standard InChI is InChI=1S/C28H34F2N2O3/c1-4-5-8-17-31-25(26(29)30)24(16-11-19(2)3)32(28(31)35)18-20-12-14-21(15-13-20)22-9-6-7-10-23(22)27(33)34/h6-7,9-10,12-15,19,26H,4-5,8,11,16-18H2,1-3H3,(H,33,34). The van der Waals surface area contributed by atoms with Gasteiger partial charge in [-0.1, -0.05) is 76.1 Å². The molecule has 1 N–H and O–H groups in total. The summed E-state index contributed by atoms with van der Waals surface area (Å²) in [7, 11) is 0. The highest BCUT2D eigenvalue weighted by Gasteiger charge is 2.26.